The van der Waals surface area contributed by atoms with E-state index in [1.807, 2.05) is 19.9 Å². The van der Waals surface area contributed by atoms with Crippen molar-refractivity contribution in [2.75, 3.05) is 17.2 Å². The van der Waals surface area contributed by atoms with Crippen LogP contribution in [0.25, 0.3) is 0 Å². The molecule has 0 aliphatic carbocycles. The molecule has 1 aromatic heterocycles. The van der Waals surface area contributed by atoms with Gasteiger partial charge in [0.15, 0.2) is 0 Å². The van der Waals surface area contributed by atoms with Gasteiger partial charge in [-0.15, -0.1) is 12.4 Å². The summed E-state index contributed by atoms with van der Waals surface area (Å²) in [7, 11) is 0. The Morgan fingerprint density at radius 1 is 1.29 bits per heavy atom. The third-order valence-corrected chi connectivity index (χ3v) is 4.97. The maximum atomic E-state index is 12.6. The fourth-order valence-electron chi connectivity index (χ4n) is 3.22. The molecule has 0 bridgehead atoms. The Balaban J connectivity index is 0.00000280. The second kappa shape index (κ2) is 9.41. The van der Waals surface area contributed by atoms with E-state index in [0.29, 0.717) is 16.4 Å². The average Bonchev–Trinajstić information content (AvgIpc) is 3.26. The molecule has 1 aromatic carbocycles. The predicted octanol–water partition coefficient (Wildman–Crippen LogP) is 3.47. The van der Waals surface area contributed by atoms with E-state index in [1.54, 1.807) is 29.8 Å². The predicted molar refractivity (Wildman–Crippen MR) is 113 cm³/mol. The molecule has 1 fully saturated rings. The Bertz CT molecular complexity index is 862. The Kier molecular flexibility index (Phi) is 7.46. The molecule has 9 heteroatoms. The smallest absolute Gasteiger partial charge is 0.248 e. The number of hydrogen-bond donors (Lipinski definition) is 3. The number of aryl methyl sites for hydroxylation is 2. The fourth-order valence-corrected chi connectivity index (χ4v) is 3.45. The lowest BCUT2D eigenvalue weighted by molar-refractivity contribution is -0.119. The lowest BCUT2D eigenvalue weighted by Gasteiger charge is -2.16. The molecule has 3 rings (SSSR count). The van der Waals surface area contributed by atoms with Crippen molar-refractivity contribution >= 4 is 47.2 Å². The summed E-state index contributed by atoms with van der Waals surface area (Å²) in [5, 5.41) is 13.5. The monoisotopic (exact) mass is 425 g/mol. The van der Waals surface area contributed by atoms with Crippen LogP contribution in [0.2, 0.25) is 5.02 Å². The molecule has 2 atom stereocenters. The zero-order valence-electron chi connectivity index (χ0n) is 16.1. The number of halogens is 2. The first kappa shape index (κ1) is 22.2. The molecule has 1 aliphatic rings. The largest absolute Gasteiger partial charge is 0.325 e. The highest BCUT2D eigenvalue weighted by molar-refractivity contribution is 6.34. The molecular formula is C19H25Cl2N5O2. The molecule has 0 radical (unpaired) electrons. The topological polar surface area (TPSA) is 88.0 Å². The first-order chi connectivity index (χ1) is 12.8. The van der Waals surface area contributed by atoms with Gasteiger partial charge >= 0.3 is 0 Å². The van der Waals surface area contributed by atoms with Crippen LogP contribution >= 0.6 is 24.0 Å². The normalized spacial score (nSPS) is 16.9. The quantitative estimate of drug-likeness (QED) is 0.683. The van der Waals surface area contributed by atoms with Gasteiger partial charge in [0.1, 0.15) is 6.04 Å². The Morgan fingerprint density at radius 3 is 2.61 bits per heavy atom. The van der Waals surface area contributed by atoms with Gasteiger partial charge in [-0.3, -0.25) is 14.3 Å². The molecule has 2 aromatic rings. The highest BCUT2D eigenvalue weighted by atomic mass is 35.5. The summed E-state index contributed by atoms with van der Waals surface area (Å²) in [6.45, 7) is 6.44. The average molecular weight is 426 g/mol. The van der Waals surface area contributed by atoms with Crippen LogP contribution in [-0.4, -0.2) is 34.2 Å². The van der Waals surface area contributed by atoms with Gasteiger partial charge in [-0.2, -0.15) is 5.10 Å². The summed E-state index contributed by atoms with van der Waals surface area (Å²) in [4.78, 5) is 24.7. The van der Waals surface area contributed by atoms with E-state index in [9.17, 15) is 9.59 Å². The van der Waals surface area contributed by atoms with Crippen molar-refractivity contribution in [1.82, 2.24) is 15.1 Å². The van der Waals surface area contributed by atoms with Crippen molar-refractivity contribution in [1.29, 1.82) is 0 Å². The maximum Gasteiger partial charge on any atom is 0.248 e. The van der Waals surface area contributed by atoms with Crippen molar-refractivity contribution in [3.8, 4) is 0 Å². The zero-order chi connectivity index (χ0) is 19.6. The number of rotatable bonds is 5. The van der Waals surface area contributed by atoms with Crippen molar-refractivity contribution < 1.29 is 9.59 Å². The summed E-state index contributed by atoms with van der Waals surface area (Å²) >= 11 is 6.30. The molecule has 3 N–H and O–H groups in total. The van der Waals surface area contributed by atoms with Gasteiger partial charge < -0.3 is 16.0 Å². The summed E-state index contributed by atoms with van der Waals surface area (Å²) in [6.07, 6.45) is 1.83. The van der Waals surface area contributed by atoms with Crippen LogP contribution in [0.4, 0.5) is 11.4 Å². The molecule has 2 amide bonds. The van der Waals surface area contributed by atoms with Gasteiger partial charge in [0.2, 0.25) is 11.8 Å². The lowest BCUT2D eigenvalue weighted by atomic mass is 10.2. The van der Waals surface area contributed by atoms with E-state index in [4.69, 9.17) is 11.6 Å². The second-order valence-corrected chi connectivity index (χ2v) is 7.28. The third-order valence-electron chi connectivity index (χ3n) is 4.66. The van der Waals surface area contributed by atoms with Gasteiger partial charge in [-0.25, -0.2) is 0 Å². The zero-order valence-corrected chi connectivity index (χ0v) is 17.7. The van der Waals surface area contributed by atoms with Crippen LogP contribution in [0.5, 0.6) is 0 Å². The van der Waals surface area contributed by atoms with E-state index in [1.165, 1.54) is 0 Å². The first-order valence-electron chi connectivity index (χ1n) is 9.02. The number of aromatic nitrogens is 2. The van der Waals surface area contributed by atoms with Crippen LogP contribution in [0.1, 0.15) is 37.2 Å². The van der Waals surface area contributed by atoms with Crippen LogP contribution in [0.3, 0.4) is 0 Å². The Hall–Kier alpha value is -2.09. The lowest BCUT2D eigenvalue weighted by Crippen LogP contribution is -2.35. The molecule has 2 unspecified atom stereocenters. The van der Waals surface area contributed by atoms with E-state index in [2.05, 4.69) is 21.0 Å². The Morgan fingerprint density at radius 2 is 2.04 bits per heavy atom. The molecule has 1 aliphatic heterocycles. The van der Waals surface area contributed by atoms with Crippen molar-refractivity contribution in [2.24, 2.45) is 0 Å². The minimum Gasteiger partial charge on any atom is -0.325 e. The Labute approximate surface area is 175 Å². The first-order valence-corrected chi connectivity index (χ1v) is 9.40. The number of benzene rings is 1. The summed E-state index contributed by atoms with van der Waals surface area (Å²) in [5.74, 6) is -0.284. The highest BCUT2D eigenvalue weighted by Crippen LogP contribution is 2.27. The molecule has 28 heavy (non-hydrogen) atoms. The standard InChI is InChI=1S/C19H24ClN5O2.ClH/c1-11-9-12(2)25(24-11)13(3)18(26)23-16-7-6-14(10-15(16)20)22-19(27)17-5-4-8-21-17;/h6-7,9-10,13,17,21H,4-5,8H2,1-3H3,(H,22,27)(H,23,26);1H. The summed E-state index contributed by atoms with van der Waals surface area (Å²) in [5.41, 5.74) is 2.87. The molecular weight excluding hydrogens is 401 g/mol. The van der Waals surface area contributed by atoms with Crippen molar-refractivity contribution in [2.45, 2.75) is 45.7 Å². The van der Waals surface area contributed by atoms with Crippen LogP contribution < -0.4 is 16.0 Å². The van der Waals surface area contributed by atoms with Gasteiger partial charge in [0, 0.05) is 11.4 Å². The van der Waals surface area contributed by atoms with Gasteiger partial charge in [0.25, 0.3) is 0 Å². The number of nitrogens with zero attached hydrogens (tertiary/aromatic N) is 2. The van der Waals surface area contributed by atoms with Crippen molar-refractivity contribution in [3.05, 3.63) is 40.7 Å². The van der Waals surface area contributed by atoms with E-state index in [0.717, 1.165) is 30.8 Å². The number of nitrogens with one attached hydrogen (secondary N) is 3. The molecule has 2 heterocycles. The van der Waals surface area contributed by atoms with Crippen LogP contribution in [0, 0.1) is 13.8 Å². The molecule has 0 spiro atoms. The van der Waals surface area contributed by atoms with Gasteiger partial charge in [0.05, 0.1) is 22.4 Å². The SMILES string of the molecule is Cc1cc(C)n(C(C)C(=O)Nc2ccc(NC(=O)C3CCCN3)cc2Cl)n1.Cl. The molecule has 152 valence electrons. The minimum absolute atomic E-state index is 0. The summed E-state index contributed by atoms with van der Waals surface area (Å²) < 4.78 is 1.68. The number of carbonyl (C=O) groups is 2. The number of carbonyl (C=O) groups excluding carboxylic acids is 2. The molecule has 0 saturated carbocycles. The van der Waals surface area contributed by atoms with E-state index in [-0.39, 0.29) is 30.3 Å². The maximum absolute atomic E-state index is 12.6. The fraction of sp³-hybridized carbons (Fsp3) is 0.421. The second-order valence-electron chi connectivity index (χ2n) is 6.87. The molecule has 7 nitrogen and oxygen atoms in total. The molecule has 1 saturated heterocycles. The summed E-state index contributed by atoms with van der Waals surface area (Å²) in [6, 6.07) is 6.34. The van der Waals surface area contributed by atoms with Gasteiger partial charge in [-0.1, -0.05) is 11.6 Å². The minimum atomic E-state index is -0.470. The van der Waals surface area contributed by atoms with Gasteiger partial charge in [-0.05, 0) is 64.4 Å². The number of amides is 2. The van der Waals surface area contributed by atoms with E-state index < -0.39 is 6.04 Å². The van der Waals surface area contributed by atoms with Crippen LogP contribution in [-0.2, 0) is 9.59 Å². The van der Waals surface area contributed by atoms with Crippen LogP contribution in [0.15, 0.2) is 24.3 Å². The highest BCUT2D eigenvalue weighted by Gasteiger charge is 2.22. The third kappa shape index (κ3) is 5.04. The van der Waals surface area contributed by atoms with Crippen molar-refractivity contribution in [3.63, 3.8) is 0 Å². The van der Waals surface area contributed by atoms with E-state index >= 15 is 0 Å². The number of hydrogen-bond acceptors (Lipinski definition) is 4. The number of anilines is 2.